The molecule has 2 heteroatoms. The van der Waals surface area contributed by atoms with Crippen LogP contribution in [-0.2, 0) is 13.0 Å². The van der Waals surface area contributed by atoms with Crippen molar-refractivity contribution in [2.75, 3.05) is 0 Å². The lowest BCUT2D eigenvalue weighted by Crippen LogP contribution is -2.21. The van der Waals surface area contributed by atoms with Crippen LogP contribution in [0.3, 0.4) is 0 Å². The SMILES string of the molecule is CC(C)Cc1ccc(-c2cncc(CNC(C)C)c2)cc1. The summed E-state index contributed by atoms with van der Waals surface area (Å²) in [4.78, 5) is 4.37. The maximum Gasteiger partial charge on any atom is 0.0346 e. The zero-order valence-electron chi connectivity index (χ0n) is 13.6. The van der Waals surface area contributed by atoms with Gasteiger partial charge < -0.3 is 5.32 Å². The van der Waals surface area contributed by atoms with Crippen LogP contribution in [0.1, 0.15) is 38.8 Å². The van der Waals surface area contributed by atoms with Gasteiger partial charge in [0.2, 0.25) is 0 Å². The molecule has 0 amide bonds. The Bertz CT molecular complexity index is 556. The summed E-state index contributed by atoms with van der Waals surface area (Å²) in [6.07, 6.45) is 5.01. The molecule has 0 atom stereocenters. The lowest BCUT2D eigenvalue weighted by Gasteiger charge is -2.10. The van der Waals surface area contributed by atoms with Gasteiger partial charge in [0.05, 0.1) is 0 Å². The molecule has 21 heavy (non-hydrogen) atoms. The third-order valence-corrected chi connectivity index (χ3v) is 3.44. The van der Waals surface area contributed by atoms with Gasteiger partial charge in [-0.25, -0.2) is 0 Å². The van der Waals surface area contributed by atoms with Gasteiger partial charge in [-0.2, -0.15) is 0 Å². The molecule has 0 aliphatic rings. The summed E-state index contributed by atoms with van der Waals surface area (Å²) >= 11 is 0. The van der Waals surface area contributed by atoms with E-state index in [1.807, 2.05) is 12.4 Å². The molecule has 0 bridgehead atoms. The highest BCUT2D eigenvalue weighted by Gasteiger charge is 2.03. The number of rotatable bonds is 6. The molecule has 2 nitrogen and oxygen atoms in total. The van der Waals surface area contributed by atoms with E-state index in [9.17, 15) is 0 Å². The molecular formula is C19H26N2. The van der Waals surface area contributed by atoms with Crippen LogP contribution in [0, 0.1) is 5.92 Å². The zero-order chi connectivity index (χ0) is 15.2. The lowest BCUT2D eigenvalue weighted by atomic mass is 9.99. The van der Waals surface area contributed by atoms with Gasteiger partial charge in [-0.3, -0.25) is 4.98 Å². The fraction of sp³-hybridized carbons (Fsp3) is 0.421. The van der Waals surface area contributed by atoms with Crippen molar-refractivity contribution in [2.24, 2.45) is 5.92 Å². The zero-order valence-corrected chi connectivity index (χ0v) is 13.6. The average Bonchev–Trinajstić information content (AvgIpc) is 2.45. The van der Waals surface area contributed by atoms with E-state index in [0.29, 0.717) is 12.0 Å². The molecular weight excluding hydrogens is 256 g/mol. The van der Waals surface area contributed by atoms with Gasteiger partial charge >= 0.3 is 0 Å². The van der Waals surface area contributed by atoms with Gasteiger partial charge in [0.25, 0.3) is 0 Å². The molecule has 1 aromatic heterocycles. The number of aromatic nitrogens is 1. The Balaban J connectivity index is 2.12. The van der Waals surface area contributed by atoms with Crippen LogP contribution >= 0.6 is 0 Å². The molecule has 0 radical (unpaired) electrons. The maximum absolute atomic E-state index is 4.37. The second-order valence-corrected chi connectivity index (χ2v) is 6.41. The van der Waals surface area contributed by atoms with E-state index in [1.165, 1.54) is 22.3 Å². The van der Waals surface area contributed by atoms with Gasteiger partial charge in [0.15, 0.2) is 0 Å². The predicted octanol–water partition coefficient (Wildman–Crippen LogP) is 4.45. The van der Waals surface area contributed by atoms with Crippen molar-refractivity contribution in [1.29, 1.82) is 0 Å². The Kier molecular flexibility index (Phi) is 5.51. The van der Waals surface area contributed by atoms with E-state index in [-0.39, 0.29) is 0 Å². The highest BCUT2D eigenvalue weighted by molar-refractivity contribution is 5.63. The van der Waals surface area contributed by atoms with Crippen LogP contribution in [0.5, 0.6) is 0 Å². The van der Waals surface area contributed by atoms with E-state index in [4.69, 9.17) is 0 Å². The second kappa shape index (κ2) is 7.37. The Morgan fingerprint density at radius 3 is 2.24 bits per heavy atom. The van der Waals surface area contributed by atoms with Crippen molar-refractivity contribution in [2.45, 2.75) is 46.7 Å². The van der Waals surface area contributed by atoms with Crippen molar-refractivity contribution >= 4 is 0 Å². The third kappa shape index (κ3) is 4.98. The van der Waals surface area contributed by atoms with Gasteiger partial charge in [0, 0.05) is 30.5 Å². The summed E-state index contributed by atoms with van der Waals surface area (Å²) in [5.41, 5.74) is 5.06. The van der Waals surface area contributed by atoms with Gasteiger partial charge in [-0.15, -0.1) is 0 Å². The molecule has 0 fully saturated rings. The van der Waals surface area contributed by atoms with Crippen LogP contribution in [-0.4, -0.2) is 11.0 Å². The highest BCUT2D eigenvalue weighted by Crippen LogP contribution is 2.21. The fourth-order valence-corrected chi connectivity index (χ4v) is 2.37. The fourth-order valence-electron chi connectivity index (χ4n) is 2.37. The number of benzene rings is 1. The Morgan fingerprint density at radius 1 is 0.905 bits per heavy atom. The van der Waals surface area contributed by atoms with Crippen LogP contribution < -0.4 is 5.32 Å². The molecule has 0 spiro atoms. The first kappa shape index (κ1) is 15.7. The van der Waals surface area contributed by atoms with Crippen molar-refractivity contribution in [3.05, 3.63) is 53.9 Å². The van der Waals surface area contributed by atoms with Crippen molar-refractivity contribution in [3.8, 4) is 11.1 Å². The van der Waals surface area contributed by atoms with Crippen molar-refractivity contribution < 1.29 is 0 Å². The Labute approximate surface area is 128 Å². The summed E-state index contributed by atoms with van der Waals surface area (Å²) in [5.74, 6) is 0.697. The summed E-state index contributed by atoms with van der Waals surface area (Å²) in [6.45, 7) is 9.69. The van der Waals surface area contributed by atoms with Crippen molar-refractivity contribution in [3.63, 3.8) is 0 Å². The minimum absolute atomic E-state index is 0.490. The summed E-state index contributed by atoms with van der Waals surface area (Å²) in [5, 5.41) is 3.43. The molecule has 1 heterocycles. The van der Waals surface area contributed by atoms with E-state index in [2.05, 4.69) is 68.3 Å². The summed E-state index contributed by atoms with van der Waals surface area (Å²) < 4.78 is 0. The number of nitrogens with zero attached hydrogens (tertiary/aromatic N) is 1. The van der Waals surface area contributed by atoms with Crippen LogP contribution in [0.25, 0.3) is 11.1 Å². The molecule has 1 N–H and O–H groups in total. The summed E-state index contributed by atoms with van der Waals surface area (Å²) in [6, 6.07) is 11.6. The second-order valence-electron chi connectivity index (χ2n) is 6.41. The monoisotopic (exact) mass is 282 g/mol. The number of hydrogen-bond donors (Lipinski definition) is 1. The van der Waals surface area contributed by atoms with Gasteiger partial charge in [-0.05, 0) is 35.1 Å². The first-order chi connectivity index (χ1) is 10.0. The average molecular weight is 282 g/mol. The molecule has 1 aromatic carbocycles. The molecule has 2 aromatic rings. The normalized spacial score (nSPS) is 11.3. The minimum Gasteiger partial charge on any atom is -0.310 e. The van der Waals surface area contributed by atoms with Crippen LogP contribution in [0.2, 0.25) is 0 Å². The highest BCUT2D eigenvalue weighted by atomic mass is 14.9. The smallest absolute Gasteiger partial charge is 0.0346 e. The molecule has 0 aliphatic heterocycles. The number of nitrogens with one attached hydrogen (secondary N) is 1. The number of pyridine rings is 1. The first-order valence-corrected chi connectivity index (χ1v) is 7.81. The topological polar surface area (TPSA) is 24.9 Å². The standard InChI is InChI=1S/C19H26N2/c1-14(2)9-16-5-7-18(8-6-16)19-10-17(11-20-13-19)12-21-15(3)4/h5-8,10-11,13-15,21H,9,12H2,1-4H3. The van der Waals surface area contributed by atoms with Crippen LogP contribution in [0.15, 0.2) is 42.7 Å². The molecule has 112 valence electrons. The third-order valence-electron chi connectivity index (χ3n) is 3.44. The Hall–Kier alpha value is -1.67. The van der Waals surface area contributed by atoms with E-state index in [1.54, 1.807) is 0 Å². The quantitative estimate of drug-likeness (QED) is 0.847. The molecule has 0 aliphatic carbocycles. The molecule has 2 rings (SSSR count). The lowest BCUT2D eigenvalue weighted by molar-refractivity contribution is 0.588. The summed E-state index contributed by atoms with van der Waals surface area (Å²) in [7, 11) is 0. The first-order valence-electron chi connectivity index (χ1n) is 7.81. The van der Waals surface area contributed by atoms with E-state index < -0.39 is 0 Å². The van der Waals surface area contributed by atoms with E-state index in [0.717, 1.165) is 13.0 Å². The maximum atomic E-state index is 4.37. The molecule has 0 unspecified atom stereocenters. The minimum atomic E-state index is 0.490. The van der Waals surface area contributed by atoms with Crippen molar-refractivity contribution in [1.82, 2.24) is 10.3 Å². The van der Waals surface area contributed by atoms with Gasteiger partial charge in [-0.1, -0.05) is 52.0 Å². The molecule has 0 saturated carbocycles. The van der Waals surface area contributed by atoms with Gasteiger partial charge in [0.1, 0.15) is 0 Å². The number of hydrogen-bond acceptors (Lipinski definition) is 2. The van der Waals surface area contributed by atoms with E-state index >= 15 is 0 Å². The Morgan fingerprint density at radius 2 is 1.62 bits per heavy atom. The predicted molar refractivity (Wildman–Crippen MR) is 90.2 cm³/mol. The van der Waals surface area contributed by atoms with Crippen LogP contribution in [0.4, 0.5) is 0 Å². The largest absolute Gasteiger partial charge is 0.310 e. The molecule has 0 saturated heterocycles.